The minimum Gasteiger partial charge on any atom is -0.441 e. The summed E-state index contributed by atoms with van der Waals surface area (Å²) in [6, 6.07) is 9.07. The number of ketones is 1. The van der Waals surface area contributed by atoms with Gasteiger partial charge in [0.15, 0.2) is 5.78 Å². The van der Waals surface area contributed by atoms with E-state index in [2.05, 4.69) is 4.98 Å². The van der Waals surface area contributed by atoms with Crippen LogP contribution in [-0.4, -0.2) is 46.4 Å². The second-order valence-corrected chi connectivity index (χ2v) is 7.95. The molecule has 2 fully saturated rings. The zero-order valence-electron chi connectivity index (χ0n) is 16.2. The predicted octanol–water partition coefficient (Wildman–Crippen LogP) is 4.64. The van der Waals surface area contributed by atoms with Gasteiger partial charge >= 0.3 is 6.09 Å². The summed E-state index contributed by atoms with van der Waals surface area (Å²) in [6.45, 7) is 2.05. The molecule has 29 heavy (non-hydrogen) atoms. The van der Waals surface area contributed by atoms with Crippen molar-refractivity contribution in [3.05, 3.63) is 53.9 Å². The van der Waals surface area contributed by atoms with E-state index in [-0.39, 0.29) is 44.6 Å². The van der Waals surface area contributed by atoms with E-state index in [0.29, 0.717) is 5.56 Å². The number of aromatic nitrogens is 1. The fraction of sp³-hybridized carbons (Fsp3) is 0.409. The van der Waals surface area contributed by atoms with E-state index < -0.39 is 17.6 Å². The van der Waals surface area contributed by atoms with Gasteiger partial charge in [0, 0.05) is 36.4 Å². The van der Waals surface area contributed by atoms with Crippen molar-refractivity contribution in [2.75, 3.05) is 13.1 Å². The average Bonchev–Trinajstić information content (AvgIpc) is 3.00. The van der Waals surface area contributed by atoms with Gasteiger partial charge in [-0.25, -0.2) is 13.6 Å². The molecule has 152 valence electrons. The molecule has 1 saturated carbocycles. The third-order valence-corrected chi connectivity index (χ3v) is 5.83. The number of benzene rings is 1. The predicted molar refractivity (Wildman–Crippen MR) is 103 cm³/mol. The van der Waals surface area contributed by atoms with Crippen molar-refractivity contribution in [1.29, 1.82) is 0 Å². The van der Waals surface area contributed by atoms with E-state index in [1.54, 1.807) is 24.5 Å². The molecule has 7 heteroatoms. The molecule has 4 rings (SSSR count). The van der Waals surface area contributed by atoms with Gasteiger partial charge in [-0.05, 0) is 37.0 Å². The molecular formula is C22H22F2N2O3. The van der Waals surface area contributed by atoms with E-state index in [1.165, 1.54) is 4.90 Å². The van der Waals surface area contributed by atoms with Gasteiger partial charge in [-0.2, -0.15) is 0 Å². The van der Waals surface area contributed by atoms with Crippen LogP contribution in [0.5, 0.6) is 0 Å². The Bertz CT molecular complexity index is 933. The first-order valence-corrected chi connectivity index (χ1v) is 9.67. The lowest BCUT2D eigenvalue weighted by Crippen LogP contribution is -2.42. The molecule has 2 aliphatic rings. The number of pyridine rings is 1. The monoisotopic (exact) mass is 400 g/mol. The molecule has 2 aromatic rings. The van der Waals surface area contributed by atoms with Gasteiger partial charge in [0.05, 0.1) is 13.1 Å². The van der Waals surface area contributed by atoms with Gasteiger partial charge in [0.2, 0.25) is 5.92 Å². The first kappa shape index (κ1) is 19.5. The van der Waals surface area contributed by atoms with Crippen LogP contribution in [0.15, 0.2) is 42.7 Å². The van der Waals surface area contributed by atoms with Crippen LogP contribution in [0, 0.1) is 6.92 Å². The van der Waals surface area contributed by atoms with Gasteiger partial charge in [0.25, 0.3) is 0 Å². The van der Waals surface area contributed by atoms with Crippen molar-refractivity contribution >= 4 is 11.9 Å². The fourth-order valence-electron chi connectivity index (χ4n) is 4.01. The van der Waals surface area contributed by atoms with Crippen LogP contribution in [0.4, 0.5) is 13.6 Å². The number of hydrogen-bond acceptors (Lipinski definition) is 4. The van der Waals surface area contributed by atoms with Crippen molar-refractivity contribution < 1.29 is 23.1 Å². The molecule has 1 aliphatic heterocycles. The Morgan fingerprint density at radius 3 is 2.48 bits per heavy atom. The SMILES string of the molecule is Cc1ccncc1-c1ccc(C(=O)CN2CC3(CCC(F)(F)CC3)OC2=O)cc1. The minimum absolute atomic E-state index is 0.121. The van der Waals surface area contributed by atoms with Crippen LogP contribution in [0.25, 0.3) is 11.1 Å². The van der Waals surface area contributed by atoms with Crippen LogP contribution < -0.4 is 0 Å². The maximum Gasteiger partial charge on any atom is 0.410 e. The molecule has 0 bridgehead atoms. The summed E-state index contributed by atoms with van der Waals surface area (Å²) in [7, 11) is 0. The molecule has 2 heterocycles. The summed E-state index contributed by atoms with van der Waals surface area (Å²) in [4.78, 5) is 30.3. The zero-order valence-corrected chi connectivity index (χ0v) is 16.2. The molecule has 1 amide bonds. The number of Topliss-reactive ketones (excluding diaryl/α,β-unsaturated/α-hetero) is 1. The van der Waals surface area contributed by atoms with Crippen molar-refractivity contribution in [2.45, 2.75) is 44.1 Å². The number of alkyl halides is 2. The number of carbonyl (C=O) groups is 2. The van der Waals surface area contributed by atoms with Crippen LogP contribution in [0.3, 0.4) is 0 Å². The van der Waals surface area contributed by atoms with Crippen LogP contribution in [-0.2, 0) is 4.74 Å². The number of hydrogen-bond donors (Lipinski definition) is 0. The van der Waals surface area contributed by atoms with Crippen LogP contribution >= 0.6 is 0 Å². The second kappa shape index (κ2) is 7.21. The number of ether oxygens (including phenoxy) is 1. The molecule has 1 saturated heterocycles. The first-order chi connectivity index (χ1) is 13.8. The second-order valence-electron chi connectivity index (χ2n) is 7.95. The number of amides is 1. The molecule has 1 aromatic heterocycles. The number of nitrogens with zero attached hydrogens (tertiary/aromatic N) is 2. The lowest BCUT2D eigenvalue weighted by Gasteiger charge is -2.34. The third kappa shape index (κ3) is 3.99. The van der Waals surface area contributed by atoms with Crippen molar-refractivity contribution in [3.8, 4) is 11.1 Å². The summed E-state index contributed by atoms with van der Waals surface area (Å²) in [6.07, 6.45) is 2.55. The molecule has 0 radical (unpaired) electrons. The fourth-order valence-corrected chi connectivity index (χ4v) is 4.01. The number of rotatable bonds is 4. The Labute approximate surface area is 167 Å². The summed E-state index contributed by atoms with van der Waals surface area (Å²) in [5, 5.41) is 0. The molecule has 1 spiro atoms. The number of halogens is 2. The summed E-state index contributed by atoms with van der Waals surface area (Å²) >= 11 is 0. The maximum absolute atomic E-state index is 13.4. The molecular weight excluding hydrogens is 378 g/mol. The Balaban J connectivity index is 1.42. The van der Waals surface area contributed by atoms with Gasteiger partial charge < -0.3 is 4.74 Å². The summed E-state index contributed by atoms with van der Waals surface area (Å²) in [5.41, 5.74) is 2.63. The maximum atomic E-state index is 13.4. The normalized spacial score (nSPS) is 20.0. The molecule has 1 aromatic carbocycles. The molecule has 5 nitrogen and oxygen atoms in total. The van der Waals surface area contributed by atoms with Gasteiger partial charge in [0.1, 0.15) is 5.60 Å². The smallest absolute Gasteiger partial charge is 0.410 e. The highest BCUT2D eigenvalue weighted by molar-refractivity contribution is 5.99. The first-order valence-electron chi connectivity index (χ1n) is 9.67. The molecule has 1 aliphatic carbocycles. The summed E-state index contributed by atoms with van der Waals surface area (Å²) < 4.78 is 32.3. The largest absolute Gasteiger partial charge is 0.441 e. The van der Waals surface area contributed by atoms with Crippen LogP contribution in [0.1, 0.15) is 41.6 Å². The molecule has 0 atom stereocenters. The average molecular weight is 400 g/mol. The van der Waals surface area contributed by atoms with E-state index in [0.717, 1.165) is 16.7 Å². The zero-order chi connectivity index (χ0) is 20.6. The van der Waals surface area contributed by atoms with Crippen molar-refractivity contribution in [1.82, 2.24) is 9.88 Å². The molecule has 0 N–H and O–H groups in total. The van der Waals surface area contributed by atoms with E-state index in [4.69, 9.17) is 4.74 Å². The van der Waals surface area contributed by atoms with Gasteiger partial charge in [-0.15, -0.1) is 0 Å². The summed E-state index contributed by atoms with van der Waals surface area (Å²) in [5.74, 6) is -2.91. The van der Waals surface area contributed by atoms with Crippen molar-refractivity contribution in [3.63, 3.8) is 0 Å². The highest BCUT2D eigenvalue weighted by Crippen LogP contribution is 2.43. The van der Waals surface area contributed by atoms with E-state index in [1.807, 2.05) is 25.1 Å². The van der Waals surface area contributed by atoms with Gasteiger partial charge in [-0.1, -0.05) is 24.3 Å². The highest BCUT2D eigenvalue weighted by atomic mass is 19.3. The van der Waals surface area contributed by atoms with Gasteiger partial charge in [-0.3, -0.25) is 14.7 Å². The van der Waals surface area contributed by atoms with E-state index in [9.17, 15) is 18.4 Å². The van der Waals surface area contributed by atoms with Crippen LogP contribution in [0.2, 0.25) is 0 Å². The Morgan fingerprint density at radius 2 is 1.83 bits per heavy atom. The third-order valence-electron chi connectivity index (χ3n) is 5.83. The lowest BCUT2D eigenvalue weighted by atomic mass is 9.82. The Kier molecular flexibility index (Phi) is 4.84. The Morgan fingerprint density at radius 1 is 1.14 bits per heavy atom. The Hall–Kier alpha value is -2.83. The number of carbonyl (C=O) groups excluding carboxylic acids is 2. The molecule has 0 unspecified atom stereocenters. The lowest BCUT2D eigenvalue weighted by molar-refractivity contribution is -0.0910. The topological polar surface area (TPSA) is 59.5 Å². The minimum atomic E-state index is -2.70. The number of aryl methyl sites for hydroxylation is 1. The van der Waals surface area contributed by atoms with E-state index >= 15 is 0 Å². The van der Waals surface area contributed by atoms with Crippen molar-refractivity contribution in [2.24, 2.45) is 0 Å². The standard InChI is InChI=1S/C22H22F2N2O3/c1-15-6-11-25-12-18(15)16-2-4-17(5-3-16)19(27)13-26-14-21(29-20(26)28)7-9-22(23,24)10-8-21/h2-6,11-12H,7-10,13-14H2,1H3. The highest BCUT2D eigenvalue weighted by Gasteiger charge is 2.51. The quantitative estimate of drug-likeness (QED) is 0.702.